The van der Waals surface area contributed by atoms with Crippen LogP contribution in [-0.4, -0.2) is 43.1 Å². The van der Waals surface area contributed by atoms with Gasteiger partial charge in [0, 0.05) is 37.1 Å². The molecule has 1 aliphatic rings. The van der Waals surface area contributed by atoms with Gasteiger partial charge in [-0.05, 0) is 12.8 Å². The monoisotopic (exact) mass is 373 g/mol. The molecule has 3 aromatic rings. The van der Waals surface area contributed by atoms with Crippen molar-refractivity contribution < 1.29 is 4.79 Å². The van der Waals surface area contributed by atoms with Gasteiger partial charge < -0.3 is 10.2 Å². The number of rotatable bonds is 4. The molecule has 0 bridgehead atoms. The van der Waals surface area contributed by atoms with Crippen LogP contribution in [0.3, 0.4) is 0 Å². The van der Waals surface area contributed by atoms with Crippen molar-refractivity contribution in [2.45, 2.75) is 32.2 Å². The molecule has 1 aliphatic heterocycles. The van der Waals surface area contributed by atoms with Gasteiger partial charge in [0.2, 0.25) is 11.6 Å². The molecule has 4 heterocycles. The maximum Gasteiger partial charge on any atom is 0.350 e. The molecular formula is C16H19N7O2S. The number of fused-ring (bicyclic) bond motifs is 1. The Hall–Kier alpha value is -2.75. The standard InChI is InChI=1S/C16H19N7O2S/c24-12(19-15-18-6-10-26-15)11-23-16(25)22-9-5-17-13(14(22)20-23)21-7-3-1-2-4-8-21/h5-6,9-10H,1-4,7-8,11H2,(H,18,19,24). The smallest absolute Gasteiger partial charge is 0.350 e. The number of anilines is 2. The van der Waals surface area contributed by atoms with E-state index in [1.807, 2.05) is 0 Å². The normalized spacial score (nSPS) is 15.2. The van der Waals surface area contributed by atoms with Gasteiger partial charge >= 0.3 is 5.69 Å². The van der Waals surface area contributed by atoms with Crippen LogP contribution in [0.4, 0.5) is 10.9 Å². The van der Waals surface area contributed by atoms with Crippen LogP contribution in [0, 0.1) is 0 Å². The second-order valence-corrected chi connectivity index (χ2v) is 7.07. The van der Waals surface area contributed by atoms with Gasteiger partial charge in [-0.1, -0.05) is 12.8 Å². The highest BCUT2D eigenvalue weighted by molar-refractivity contribution is 7.13. The van der Waals surface area contributed by atoms with Crippen LogP contribution < -0.4 is 15.9 Å². The fourth-order valence-corrected chi connectivity index (χ4v) is 3.67. The fraction of sp³-hybridized carbons (Fsp3) is 0.438. The molecule has 0 aromatic carbocycles. The number of thiazole rings is 1. The molecule has 0 saturated carbocycles. The van der Waals surface area contributed by atoms with Crippen LogP contribution in [0.25, 0.3) is 5.65 Å². The Balaban J connectivity index is 1.62. The summed E-state index contributed by atoms with van der Waals surface area (Å²) in [5.41, 5.74) is 0.134. The quantitative estimate of drug-likeness (QED) is 0.742. The van der Waals surface area contributed by atoms with E-state index >= 15 is 0 Å². The molecule has 1 saturated heterocycles. The first-order chi connectivity index (χ1) is 12.7. The predicted molar refractivity (Wildman–Crippen MR) is 98.7 cm³/mol. The van der Waals surface area contributed by atoms with E-state index in [0.717, 1.165) is 25.9 Å². The molecule has 0 aliphatic carbocycles. The van der Waals surface area contributed by atoms with Crippen LogP contribution in [-0.2, 0) is 11.3 Å². The van der Waals surface area contributed by atoms with Gasteiger partial charge in [-0.25, -0.2) is 23.8 Å². The summed E-state index contributed by atoms with van der Waals surface area (Å²) in [4.78, 5) is 35.4. The second-order valence-electron chi connectivity index (χ2n) is 6.17. The van der Waals surface area contributed by atoms with E-state index in [-0.39, 0.29) is 18.1 Å². The summed E-state index contributed by atoms with van der Waals surface area (Å²) >= 11 is 1.32. The minimum absolute atomic E-state index is 0.167. The molecule has 1 N–H and O–H groups in total. The number of hydrogen-bond acceptors (Lipinski definition) is 7. The summed E-state index contributed by atoms with van der Waals surface area (Å²) in [5, 5.41) is 9.30. The van der Waals surface area contributed by atoms with E-state index in [1.54, 1.807) is 24.0 Å². The van der Waals surface area contributed by atoms with Crippen LogP contribution in [0.1, 0.15) is 25.7 Å². The Morgan fingerprint density at radius 2 is 1.96 bits per heavy atom. The van der Waals surface area contributed by atoms with Gasteiger partial charge in [0.05, 0.1) is 0 Å². The molecule has 0 radical (unpaired) electrons. The third-order valence-electron chi connectivity index (χ3n) is 4.36. The van der Waals surface area contributed by atoms with Crippen molar-refractivity contribution in [3.05, 3.63) is 34.5 Å². The number of nitrogens with one attached hydrogen (secondary N) is 1. The van der Waals surface area contributed by atoms with Gasteiger partial charge in [-0.15, -0.1) is 16.4 Å². The zero-order chi connectivity index (χ0) is 17.9. The Kier molecular flexibility index (Phi) is 4.65. The Bertz CT molecular complexity index is 955. The maximum absolute atomic E-state index is 12.6. The largest absolute Gasteiger partial charge is 0.353 e. The third-order valence-corrected chi connectivity index (χ3v) is 5.05. The van der Waals surface area contributed by atoms with Crippen molar-refractivity contribution in [3.8, 4) is 0 Å². The topological polar surface area (TPSA) is 97.4 Å². The van der Waals surface area contributed by atoms with Gasteiger partial charge in [-0.2, -0.15) is 0 Å². The van der Waals surface area contributed by atoms with Gasteiger partial charge in [0.15, 0.2) is 10.9 Å². The first kappa shape index (κ1) is 16.7. The zero-order valence-electron chi connectivity index (χ0n) is 14.2. The van der Waals surface area contributed by atoms with Gasteiger partial charge in [0.25, 0.3) is 0 Å². The molecule has 26 heavy (non-hydrogen) atoms. The summed E-state index contributed by atoms with van der Waals surface area (Å²) in [5.74, 6) is 0.361. The van der Waals surface area contributed by atoms with Gasteiger partial charge in [0.1, 0.15) is 6.54 Å². The van der Waals surface area contributed by atoms with Crippen LogP contribution in [0.2, 0.25) is 0 Å². The van der Waals surface area contributed by atoms with Crippen molar-refractivity contribution in [2.24, 2.45) is 0 Å². The van der Waals surface area contributed by atoms with E-state index in [4.69, 9.17) is 0 Å². The molecule has 10 heteroatoms. The van der Waals surface area contributed by atoms with E-state index in [0.29, 0.717) is 16.6 Å². The number of carbonyl (C=O) groups is 1. The lowest BCUT2D eigenvalue weighted by molar-refractivity contribution is -0.117. The molecular weight excluding hydrogens is 354 g/mol. The van der Waals surface area contributed by atoms with Crippen LogP contribution in [0.15, 0.2) is 28.8 Å². The summed E-state index contributed by atoms with van der Waals surface area (Å²) in [6, 6.07) is 0. The Morgan fingerprint density at radius 1 is 1.15 bits per heavy atom. The molecule has 1 amide bonds. The molecule has 3 aromatic heterocycles. The molecule has 4 rings (SSSR count). The molecule has 1 fully saturated rings. The third kappa shape index (κ3) is 3.32. The van der Waals surface area contributed by atoms with E-state index in [9.17, 15) is 9.59 Å². The summed E-state index contributed by atoms with van der Waals surface area (Å²) in [6.07, 6.45) is 9.41. The van der Waals surface area contributed by atoms with Crippen molar-refractivity contribution in [1.29, 1.82) is 0 Å². The summed E-state index contributed by atoms with van der Waals surface area (Å²) in [7, 11) is 0. The first-order valence-corrected chi connectivity index (χ1v) is 9.49. The number of aromatic nitrogens is 5. The highest BCUT2D eigenvalue weighted by Crippen LogP contribution is 2.20. The Labute approximate surface area is 153 Å². The summed E-state index contributed by atoms with van der Waals surface area (Å²) in [6.45, 7) is 1.63. The number of nitrogens with zero attached hydrogens (tertiary/aromatic N) is 6. The van der Waals surface area contributed by atoms with E-state index in [1.165, 1.54) is 33.3 Å². The molecule has 136 valence electrons. The van der Waals surface area contributed by atoms with E-state index in [2.05, 4.69) is 25.3 Å². The summed E-state index contributed by atoms with van der Waals surface area (Å²) < 4.78 is 2.62. The van der Waals surface area contributed by atoms with Crippen molar-refractivity contribution >= 4 is 33.8 Å². The van der Waals surface area contributed by atoms with Crippen LogP contribution in [0.5, 0.6) is 0 Å². The van der Waals surface area contributed by atoms with Crippen molar-refractivity contribution in [2.75, 3.05) is 23.3 Å². The lowest BCUT2D eigenvalue weighted by Crippen LogP contribution is -2.28. The average molecular weight is 373 g/mol. The highest BCUT2D eigenvalue weighted by atomic mass is 32.1. The fourth-order valence-electron chi connectivity index (χ4n) is 3.12. The maximum atomic E-state index is 12.6. The molecule has 0 unspecified atom stereocenters. The van der Waals surface area contributed by atoms with Crippen molar-refractivity contribution in [3.63, 3.8) is 0 Å². The minimum atomic E-state index is -0.354. The highest BCUT2D eigenvalue weighted by Gasteiger charge is 2.19. The predicted octanol–water partition coefficient (Wildman–Crippen LogP) is 1.37. The molecule has 9 nitrogen and oxygen atoms in total. The zero-order valence-corrected chi connectivity index (χ0v) is 15.0. The average Bonchev–Trinajstić information content (AvgIpc) is 3.14. The van der Waals surface area contributed by atoms with E-state index < -0.39 is 0 Å². The Morgan fingerprint density at radius 3 is 2.69 bits per heavy atom. The SMILES string of the molecule is O=C(Cn1nc2c(N3CCCCCC3)nccn2c1=O)Nc1nccs1. The molecule has 0 atom stereocenters. The first-order valence-electron chi connectivity index (χ1n) is 8.61. The number of amides is 1. The lowest BCUT2D eigenvalue weighted by Gasteiger charge is -2.20. The van der Waals surface area contributed by atoms with Gasteiger partial charge in [-0.3, -0.25) is 4.79 Å². The number of hydrogen-bond donors (Lipinski definition) is 1. The second kappa shape index (κ2) is 7.24. The van der Waals surface area contributed by atoms with Crippen LogP contribution >= 0.6 is 11.3 Å². The van der Waals surface area contributed by atoms with Crippen molar-refractivity contribution in [1.82, 2.24) is 24.1 Å². The number of carbonyl (C=O) groups excluding carboxylic acids is 1. The molecule has 0 spiro atoms. The minimum Gasteiger partial charge on any atom is -0.353 e. The lowest BCUT2D eigenvalue weighted by atomic mass is 10.2.